The molecule has 14 nitrogen and oxygen atoms in total. The van der Waals surface area contributed by atoms with Gasteiger partial charge in [-0.25, -0.2) is 4.79 Å². The molecule has 46 heavy (non-hydrogen) atoms. The van der Waals surface area contributed by atoms with E-state index in [1.54, 1.807) is 18.3 Å². The molecule has 0 aliphatic heterocycles. The number of carbonyl (C=O) groups is 4. The summed E-state index contributed by atoms with van der Waals surface area (Å²) in [6, 6.07) is 9.16. The third kappa shape index (κ3) is 11.0. The number of nitrogens with two attached hydrogens (primary N) is 3. The molecule has 1 aromatic heterocycles. The maximum Gasteiger partial charge on any atom is 0.326 e. The van der Waals surface area contributed by atoms with Gasteiger partial charge >= 0.3 is 5.97 Å². The summed E-state index contributed by atoms with van der Waals surface area (Å²) in [5, 5.41) is 28.2. The number of amides is 3. The zero-order valence-corrected chi connectivity index (χ0v) is 26.4. The van der Waals surface area contributed by atoms with Crippen LogP contribution in [-0.4, -0.2) is 87.6 Å². The number of para-hydroxylation sites is 1. The van der Waals surface area contributed by atoms with Crippen LogP contribution in [0.25, 0.3) is 10.9 Å². The first kappa shape index (κ1) is 35.7. The number of rotatable bonds is 18. The van der Waals surface area contributed by atoms with Gasteiger partial charge in [0.15, 0.2) is 5.96 Å². The van der Waals surface area contributed by atoms with Gasteiger partial charge < -0.3 is 48.3 Å². The molecule has 0 saturated heterocycles. The quantitative estimate of drug-likeness (QED) is 0.0516. The number of fused-ring (bicyclic) bond motifs is 1. The van der Waals surface area contributed by atoms with Crippen molar-refractivity contribution in [3.8, 4) is 5.75 Å². The van der Waals surface area contributed by atoms with Crippen LogP contribution >= 0.6 is 11.8 Å². The zero-order valence-electron chi connectivity index (χ0n) is 25.6. The highest BCUT2D eigenvalue weighted by molar-refractivity contribution is 7.98. The van der Waals surface area contributed by atoms with Gasteiger partial charge in [-0.2, -0.15) is 11.8 Å². The summed E-state index contributed by atoms with van der Waals surface area (Å²) in [4.78, 5) is 59.2. The number of carboxylic acid groups (broad SMARTS) is 1. The van der Waals surface area contributed by atoms with Gasteiger partial charge in [-0.05, 0) is 67.0 Å². The first-order chi connectivity index (χ1) is 22.0. The molecule has 12 N–H and O–H groups in total. The molecule has 3 amide bonds. The maximum absolute atomic E-state index is 13.6. The number of hydrogen-bond acceptors (Lipinski definition) is 8. The fraction of sp³-hybridized carbons (Fsp3) is 0.387. The van der Waals surface area contributed by atoms with Crippen LogP contribution in [0.15, 0.2) is 59.7 Å². The molecule has 1 heterocycles. The standard InChI is InChI=1S/C31H42N8O6S/c1-46-14-12-25(29(43)39-26(30(44)45)15-18-8-10-20(40)11-9-18)38-28(42)24(7-4-13-35-31(33)34)37-27(41)22(32)16-19-17-36-23-6-3-2-5-21(19)23/h2-3,5-6,8-11,17,22,24-26,36,40H,4,7,12-16,32H2,1H3,(H,37,41)(H,38,42)(H,39,43)(H,44,45)(H4,33,34,35). The summed E-state index contributed by atoms with van der Waals surface area (Å²) < 4.78 is 0. The lowest BCUT2D eigenvalue weighted by molar-refractivity contribution is -0.142. The van der Waals surface area contributed by atoms with E-state index in [0.29, 0.717) is 17.7 Å². The topological polar surface area (TPSA) is 251 Å². The summed E-state index contributed by atoms with van der Waals surface area (Å²) in [5.41, 5.74) is 19.4. The molecule has 0 bridgehead atoms. The molecule has 0 aliphatic carbocycles. The molecule has 3 rings (SSSR count). The Balaban J connectivity index is 1.72. The number of nitrogens with one attached hydrogen (secondary N) is 4. The van der Waals surface area contributed by atoms with E-state index in [9.17, 15) is 29.4 Å². The van der Waals surface area contributed by atoms with Crippen molar-refractivity contribution in [2.24, 2.45) is 22.2 Å². The first-order valence-electron chi connectivity index (χ1n) is 14.7. The molecule has 15 heteroatoms. The normalized spacial score (nSPS) is 13.6. The van der Waals surface area contributed by atoms with Crippen LogP contribution in [0, 0.1) is 0 Å². The Kier molecular flexibility index (Phi) is 13.7. The van der Waals surface area contributed by atoms with Crippen molar-refractivity contribution in [3.63, 3.8) is 0 Å². The van der Waals surface area contributed by atoms with Gasteiger partial charge in [0.05, 0.1) is 6.04 Å². The fourth-order valence-electron chi connectivity index (χ4n) is 4.80. The lowest BCUT2D eigenvalue weighted by Gasteiger charge is -2.25. The molecule has 0 radical (unpaired) electrons. The Morgan fingerprint density at radius 2 is 1.52 bits per heavy atom. The number of thioether (sulfide) groups is 1. The molecule has 248 valence electrons. The monoisotopic (exact) mass is 654 g/mol. The van der Waals surface area contributed by atoms with Gasteiger partial charge in [-0.1, -0.05) is 30.3 Å². The largest absolute Gasteiger partial charge is 0.508 e. The first-order valence-corrected chi connectivity index (χ1v) is 16.1. The number of aliphatic imine (C=N–C) groups is 1. The lowest BCUT2D eigenvalue weighted by atomic mass is 10.0. The van der Waals surface area contributed by atoms with Gasteiger partial charge in [-0.3, -0.25) is 19.4 Å². The number of phenols is 1. The van der Waals surface area contributed by atoms with Crippen LogP contribution in [0.4, 0.5) is 0 Å². The van der Waals surface area contributed by atoms with Crippen molar-refractivity contribution in [2.45, 2.75) is 56.3 Å². The number of carboxylic acids is 1. The molecule has 4 atom stereocenters. The second-order valence-electron chi connectivity index (χ2n) is 10.8. The lowest BCUT2D eigenvalue weighted by Crippen LogP contribution is -2.57. The van der Waals surface area contributed by atoms with Crippen LogP contribution < -0.4 is 33.2 Å². The zero-order chi connectivity index (χ0) is 33.6. The van der Waals surface area contributed by atoms with Gasteiger partial charge in [0, 0.05) is 30.1 Å². The van der Waals surface area contributed by atoms with E-state index in [1.165, 1.54) is 23.9 Å². The number of aromatic nitrogens is 1. The number of benzene rings is 2. The number of H-pyrrole nitrogens is 1. The average molecular weight is 655 g/mol. The van der Waals surface area contributed by atoms with E-state index < -0.39 is 47.9 Å². The Morgan fingerprint density at radius 3 is 2.17 bits per heavy atom. The van der Waals surface area contributed by atoms with E-state index >= 15 is 0 Å². The predicted octanol–water partition coefficient (Wildman–Crippen LogP) is 0.332. The summed E-state index contributed by atoms with van der Waals surface area (Å²) in [6.45, 7) is 0.206. The maximum atomic E-state index is 13.6. The van der Waals surface area contributed by atoms with Crippen LogP contribution in [0.3, 0.4) is 0 Å². The number of carbonyl (C=O) groups excluding carboxylic acids is 3. The molecule has 0 aliphatic rings. The van der Waals surface area contributed by atoms with Gasteiger partial charge in [0.2, 0.25) is 17.7 Å². The van der Waals surface area contributed by atoms with E-state index in [0.717, 1.165) is 16.5 Å². The second kappa shape index (κ2) is 17.7. The van der Waals surface area contributed by atoms with Crippen molar-refractivity contribution in [3.05, 3.63) is 65.9 Å². The molecule has 3 aromatic rings. The average Bonchev–Trinajstić information content (AvgIpc) is 3.43. The highest BCUT2D eigenvalue weighted by Gasteiger charge is 2.30. The van der Waals surface area contributed by atoms with Gasteiger partial charge in [0.1, 0.15) is 23.9 Å². The molecule has 0 fully saturated rings. The van der Waals surface area contributed by atoms with E-state index in [2.05, 4.69) is 25.9 Å². The van der Waals surface area contributed by atoms with Crippen LogP contribution in [-0.2, 0) is 32.0 Å². The van der Waals surface area contributed by atoms with E-state index in [-0.39, 0.29) is 43.9 Å². The van der Waals surface area contributed by atoms with Crippen molar-refractivity contribution in [2.75, 3.05) is 18.6 Å². The highest BCUT2D eigenvalue weighted by atomic mass is 32.2. The summed E-state index contributed by atoms with van der Waals surface area (Å²) in [6.07, 6.45) is 4.49. The van der Waals surface area contributed by atoms with E-state index in [1.807, 2.05) is 30.5 Å². The minimum absolute atomic E-state index is 0.0263. The number of nitrogens with zero attached hydrogens (tertiary/aromatic N) is 1. The van der Waals surface area contributed by atoms with Crippen molar-refractivity contribution in [1.29, 1.82) is 0 Å². The number of hydrogen-bond donors (Lipinski definition) is 9. The summed E-state index contributed by atoms with van der Waals surface area (Å²) in [7, 11) is 0. The van der Waals surface area contributed by atoms with Gasteiger partial charge in [-0.15, -0.1) is 0 Å². The second-order valence-corrected chi connectivity index (χ2v) is 11.8. The van der Waals surface area contributed by atoms with Crippen molar-refractivity contribution in [1.82, 2.24) is 20.9 Å². The molecule has 0 spiro atoms. The number of aromatic hydroxyl groups is 1. The Labute approximate surface area is 271 Å². The molecular weight excluding hydrogens is 612 g/mol. The Morgan fingerprint density at radius 1 is 0.891 bits per heavy atom. The molecule has 4 unspecified atom stereocenters. The minimum Gasteiger partial charge on any atom is -0.508 e. The third-order valence-electron chi connectivity index (χ3n) is 7.26. The molecular formula is C31H42N8O6S. The predicted molar refractivity (Wildman–Crippen MR) is 178 cm³/mol. The number of guanidine groups is 1. The van der Waals surface area contributed by atoms with Crippen LogP contribution in [0.5, 0.6) is 5.75 Å². The summed E-state index contributed by atoms with van der Waals surface area (Å²) >= 11 is 1.45. The fourth-order valence-corrected chi connectivity index (χ4v) is 5.27. The highest BCUT2D eigenvalue weighted by Crippen LogP contribution is 2.19. The van der Waals surface area contributed by atoms with Crippen molar-refractivity contribution < 1.29 is 29.4 Å². The number of phenolic OH excluding ortho intramolecular Hbond substituents is 1. The number of aromatic amines is 1. The molecule has 2 aromatic carbocycles. The van der Waals surface area contributed by atoms with Crippen LogP contribution in [0.2, 0.25) is 0 Å². The Bertz CT molecular complexity index is 1510. The Hall–Kier alpha value is -4.76. The number of aliphatic carboxylic acids is 1. The van der Waals surface area contributed by atoms with Crippen molar-refractivity contribution >= 4 is 52.3 Å². The van der Waals surface area contributed by atoms with E-state index in [4.69, 9.17) is 17.2 Å². The SMILES string of the molecule is CSCCC(NC(=O)C(CCCN=C(N)N)NC(=O)C(N)Cc1c[nH]c2ccccc12)C(=O)NC(Cc1ccc(O)cc1)C(=O)O. The third-order valence-corrected chi connectivity index (χ3v) is 7.91. The molecule has 0 saturated carbocycles. The summed E-state index contributed by atoms with van der Waals surface area (Å²) in [5.74, 6) is -2.73. The van der Waals surface area contributed by atoms with Crippen LogP contribution in [0.1, 0.15) is 30.4 Å². The van der Waals surface area contributed by atoms with Gasteiger partial charge in [0.25, 0.3) is 0 Å². The smallest absolute Gasteiger partial charge is 0.326 e. The minimum atomic E-state index is -1.29.